The lowest BCUT2D eigenvalue weighted by Crippen LogP contribution is -2.33. The van der Waals surface area contributed by atoms with E-state index in [1.165, 1.54) is 0 Å². The standard InChI is InChI=1S/C34H36O5/c1-21-22(2)32-30(24(4)31(21)37-18-25-10-8-7-9-11-25)34(5,19-38-32)20-39-33(35)23(3)26-12-13-28-17-29(36-6)15-14-27(28)16-26/h7-17,23H,18-20H2,1-6H3/t23-,34?/m0/s1. The molecule has 0 aliphatic carbocycles. The minimum Gasteiger partial charge on any atom is -0.497 e. The molecule has 0 N–H and O–H groups in total. The van der Waals surface area contributed by atoms with Crippen molar-refractivity contribution < 1.29 is 23.7 Å². The van der Waals surface area contributed by atoms with Crippen molar-refractivity contribution in [2.24, 2.45) is 0 Å². The van der Waals surface area contributed by atoms with Crippen LogP contribution in [-0.4, -0.2) is 26.3 Å². The molecule has 4 aromatic rings. The second kappa shape index (κ2) is 10.6. The van der Waals surface area contributed by atoms with Gasteiger partial charge in [0.05, 0.1) is 18.4 Å². The van der Waals surface area contributed by atoms with E-state index in [9.17, 15) is 4.79 Å². The summed E-state index contributed by atoms with van der Waals surface area (Å²) in [7, 11) is 1.66. The molecular formula is C34H36O5. The van der Waals surface area contributed by atoms with Crippen LogP contribution < -0.4 is 14.2 Å². The second-order valence-electron chi connectivity index (χ2n) is 10.8. The van der Waals surface area contributed by atoms with Crippen LogP contribution in [0, 0.1) is 20.8 Å². The van der Waals surface area contributed by atoms with Gasteiger partial charge >= 0.3 is 5.97 Å². The zero-order valence-corrected chi connectivity index (χ0v) is 23.6. The van der Waals surface area contributed by atoms with Gasteiger partial charge in [0.1, 0.15) is 37.1 Å². The molecular weight excluding hydrogens is 488 g/mol. The maximum Gasteiger partial charge on any atom is 0.313 e. The molecule has 0 bridgehead atoms. The Morgan fingerprint density at radius 2 is 1.67 bits per heavy atom. The van der Waals surface area contributed by atoms with Gasteiger partial charge in [-0.1, -0.05) is 54.6 Å². The fourth-order valence-corrected chi connectivity index (χ4v) is 5.49. The summed E-state index contributed by atoms with van der Waals surface area (Å²) >= 11 is 0. The first-order valence-corrected chi connectivity index (χ1v) is 13.4. The zero-order valence-electron chi connectivity index (χ0n) is 23.6. The molecule has 5 nitrogen and oxygen atoms in total. The van der Waals surface area contributed by atoms with Crippen molar-refractivity contribution in [3.05, 3.63) is 100 Å². The predicted octanol–water partition coefficient (Wildman–Crippen LogP) is 7.35. The van der Waals surface area contributed by atoms with Crippen molar-refractivity contribution >= 4 is 16.7 Å². The first-order valence-electron chi connectivity index (χ1n) is 13.4. The van der Waals surface area contributed by atoms with E-state index in [4.69, 9.17) is 18.9 Å². The minimum atomic E-state index is -0.474. The van der Waals surface area contributed by atoms with Crippen LogP contribution in [0.1, 0.15) is 53.1 Å². The van der Waals surface area contributed by atoms with Gasteiger partial charge in [-0.25, -0.2) is 0 Å². The van der Waals surface area contributed by atoms with E-state index in [0.29, 0.717) is 13.2 Å². The molecule has 0 spiro atoms. The Morgan fingerprint density at radius 3 is 2.41 bits per heavy atom. The summed E-state index contributed by atoms with van der Waals surface area (Å²) in [6.45, 7) is 11.4. The molecule has 0 fully saturated rings. The van der Waals surface area contributed by atoms with Gasteiger partial charge in [-0.15, -0.1) is 0 Å². The molecule has 39 heavy (non-hydrogen) atoms. The van der Waals surface area contributed by atoms with Crippen LogP contribution in [0.4, 0.5) is 0 Å². The summed E-state index contributed by atoms with van der Waals surface area (Å²) in [5.41, 5.74) is 5.81. The van der Waals surface area contributed by atoms with Crippen molar-refractivity contribution in [3.63, 3.8) is 0 Å². The van der Waals surface area contributed by atoms with E-state index < -0.39 is 11.3 Å². The summed E-state index contributed by atoms with van der Waals surface area (Å²) in [6.07, 6.45) is 0. The van der Waals surface area contributed by atoms with Gasteiger partial charge in [-0.3, -0.25) is 4.79 Å². The summed E-state index contributed by atoms with van der Waals surface area (Å²) in [6, 6.07) is 22.1. The molecule has 0 amide bonds. The van der Waals surface area contributed by atoms with Crippen LogP contribution in [0.5, 0.6) is 17.2 Å². The van der Waals surface area contributed by atoms with E-state index in [1.807, 2.05) is 61.5 Å². The number of fused-ring (bicyclic) bond motifs is 2. The van der Waals surface area contributed by atoms with Gasteiger partial charge in [0, 0.05) is 5.56 Å². The summed E-state index contributed by atoms with van der Waals surface area (Å²) in [4.78, 5) is 13.2. The fraction of sp³-hybridized carbons (Fsp3) is 0.324. The maximum absolute atomic E-state index is 13.2. The molecule has 1 aliphatic rings. The molecule has 0 aromatic heterocycles. The van der Waals surface area contributed by atoms with Gasteiger partial charge in [-0.2, -0.15) is 0 Å². The van der Waals surface area contributed by atoms with Gasteiger partial charge in [-0.05, 0) is 85.3 Å². The molecule has 2 atom stereocenters. The highest BCUT2D eigenvalue weighted by Gasteiger charge is 2.42. The molecule has 0 saturated heterocycles. The van der Waals surface area contributed by atoms with Crippen LogP contribution in [0.2, 0.25) is 0 Å². The van der Waals surface area contributed by atoms with Gasteiger partial charge in [0.25, 0.3) is 0 Å². The summed E-state index contributed by atoms with van der Waals surface area (Å²) < 4.78 is 23.9. The SMILES string of the molecule is COc1ccc2cc([C@H](C)C(=O)OCC3(C)COc4c(C)c(C)c(OCc5ccccc5)c(C)c43)ccc2c1. The molecule has 1 aliphatic heterocycles. The van der Waals surface area contributed by atoms with Crippen LogP contribution in [0.3, 0.4) is 0 Å². The largest absolute Gasteiger partial charge is 0.497 e. The Balaban J connectivity index is 1.34. The lowest BCUT2D eigenvalue weighted by Gasteiger charge is -2.26. The van der Waals surface area contributed by atoms with Gasteiger partial charge in [0.15, 0.2) is 0 Å². The number of ether oxygens (including phenoxy) is 4. The van der Waals surface area contributed by atoms with E-state index in [1.54, 1.807) is 7.11 Å². The van der Waals surface area contributed by atoms with Gasteiger partial charge in [0.2, 0.25) is 0 Å². The number of hydrogen-bond acceptors (Lipinski definition) is 5. The number of carbonyl (C=O) groups is 1. The van der Waals surface area contributed by atoms with Crippen LogP contribution in [0.15, 0.2) is 66.7 Å². The Bertz CT molecular complexity index is 1520. The Labute approximate surface area is 230 Å². The van der Waals surface area contributed by atoms with Crippen LogP contribution in [0.25, 0.3) is 10.8 Å². The monoisotopic (exact) mass is 524 g/mol. The highest BCUT2D eigenvalue weighted by atomic mass is 16.5. The molecule has 4 aromatic carbocycles. The average Bonchev–Trinajstić information content (AvgIpc) is 3.31. The van der Waals surface area contributed by atoms with Crippen molar-refractivity contribution in [1.29, 1.82) is 0 Å². The Morgan fingerprint density at radius 1 is 0.949 bits per heavy atom. The molecule has 1 heterocycles. The van der Waals surface area contributed by atoms with Crippen LogP contribution >= 0.6 is 0 Å². The Hall–Kier alpha value is -3.99. The lowest BCUT2D eigenvalue weighted by atomic mass is 9.80. The minimum absolute atomic E-state index is 0.232. The van der Waals surface area contributed by atoms with Gasteiger partial charge < -0.3 is 18.9 Å². The first kappa shape index (κ1) is 26.6. The van der Waals surface area contributed by atoms with E-state index in [0.717, 1.165) is 61.4 Å². The number of esters is 1. The Kier molecular flexibility index (Phi) is 7.26. The number of methoxy groups -OCH3 is 1. The van der Waals surface area contributed by atoms with E-state index in [-0.39, 0.29) is 12.6 Å². The third kappa shape index (κ3) is 5.06. The highest BCUT2D eigenvalue weighted by molar-refractivity contribution is 5.87. The lowest BCUT2D eigenvalue weighted by molar-refractivity contribution is -0.147. The molecule has 0 saturated carbocycles. The van der Waals surface area contributed by atoms with E-state index >= 15 is 0 Å². The van der Waals surface area contributed by atoms with Crippen LogP contribution in [-0.2, 0) is 21.6 Å². The third-order valence-corrected chi connectivity index (χ3v) is 8.01. The number of hydrogen-bond donors (Lipinski definition) is 0. The van der Waals surface area contributed by atoms with Crippen molar-refractivity contribution in [2.75, 3.05) is 20.3 Å². The zero-order chi connectivity index (χ0) is 27.7. The first-order chi connectivity index (χ1) is 18.7. The molecule has 5 rings (SSSR count). The second-order valence-corrected chi connectivity index (χ2v) is 10.8. The van der Waals surface area contributed by atoms with E-state index in [2.05, 4.69) is 39.8 Å². The number of carbonyl (C=O) groups excluding carboxylic acids is 1. The molecule has 202 valence electrons. The quantitative estimate of drug-likeness (QED) is 0.226. The predicted molar refractivity (Wildman–Crippen MR) is 154 cm³/mol. The van der Waals surface area contributed by atoms with Crippen molar-refractivity contribution in [1.82, 2.24) is 0 Å². The smallest absolute Gasteiger partial charge is 0.313 e. The summed E-state index contributed by atoms with van der Waals surface area (Å²) in [5.74, 6) is 1.92. The highest BCUT2D eigenvalue weighted by Crippen LogP contribution is 2.48. The summed E-state index contributed by atoms with van der Waals surface area (Å²) in [5, 5.41) is 2.12. The molecule has 1 unspecified atom stereocenters. The van der Waals surface area contributed by atoms with Crippen molar-refractivity contribution in [2.45, 2.75) is 52.6 Å². The third-order valence-electron chi connectivity index (χ3n) is 8.01. The maximum atomic E-state index is 13.2. The molecule has 5 heteroatoms. The average molecular weight is 525 g/mol. The van der Waals surface area contributed by atoms with Crippen molar-refractivity contribution in [3.8, 4) is 17.2 Å². The fourth-order valence-electron chi connectivity index (χ4n) is 5.49. The number of benzene rings is 4. The number of rotatable bonds is 8. The topological polar surface area (TPSA) is 54.0 Å². The molecule has 0 radical (unpaired) electrons. The normalized spacial score (nSPS) is 16.9.